The molecule has 0 aromatic carbocycles. The zero-order valence-corrected chi connectivity index (χ0v) is 9.80. The highest BCUT2D eigenvalue weighted by molar-refractivity contribution is 7.11. The number of aromatic nitrogens is 1. The molecule has 0 saturated heterocycles. The van der Waals surface area contributed by atoms with E-state index < -0.39 is 0 Å². The van der Waals surface area contributed by atoms with Gasteiger partial charge in [0.2, 0.25) is 0 Å². The first-order valence-electron chi connectivity index (χ1n) is 4.95. The first kappa shape index (κ1) is 11.6. The lowest BCUT2D eigenvalue weighted by molar-refractivity contribution is 0.0293. The summed E-state index contributed by atoms with van der Waals surface area (Å²) in [6, 6.07) is 0. The van der Waals surface area contributed by atoms with Crippen LogP contribution in [0.3, 0.4) is 0 Å². The van der Waals surface area contributed by atoms with E-state index in [9.17, 15) is 0 Å². The summed E-state index contributed by atoms with van der Waals surface area (Å²) in [5.74, 6) is 0.451. The highest BCUT2D eigenvalue weighted by Crippen LogP contribution is 2.28. The van der Waals surface area contributed by atoms with Gasteiger partial charge in [-0.15, -0.1) is 11.3 Å². The first-order chi connectivity index (χ1) is 6.69. The molecule has 0 spiro atoms. The summed E-state index contributed by atoms with van der Waals surface area (Å²) < 4.78 is 5.65. The molecule has 1 heterocycles. The molecule has 1 aromatic rings. The first-order valence-corrected chi connectivity index (χ1v) is 5.77. The van der Waals surface area contributed by atoms with Crippen LogP contribution < -0.4 is 5.73 Å². The summed E-state index contributed by atoms with van der Waals surface area (Å²) in [5.41, 5.74) is 5.54. The van der Waals surface area contributed by atoms with Gasteiger partial charge in [0.05, 0.1) is 0 Å². The van der Waals surface area contributed by atoms with E-state index in [2.05, 4.69) is 18.8 Å². The normalized spacial score (nSPS) is 13.5. The Morgan fingerprint density at radius 1 is 1.57 bits per heavy atom. The van der Waals surface area contributed by atoms with Gasteiger partial charge < -0.3 is 10.5 Å². The molecule has 3 nitrogen and oxygen atoms in total. The third-order valence-corrected chi connectivity index (χ3v) is 3.05. The number of thiazole rings is 1. The molecule has 80 valence electrons. The highest BCUT2D eigenvalue weighted by atomic mass is 32.1. The van der Waals surface area contributed by atoms with Gasteiger partial charge in [0.15, 0.2) is 0 Å². The summed E-state index contributed by atoms with van der Waals surface area (Å²) in [6.07, 6.45) is 1.96. The molecule has 14 heavy (non-hydrogen) atoms. The van der Waals surface area contributed by atoms with Crippen molar-refractivity contribution >= 4 is 11.3 Å². The van der Waals surface area contributed by atoms with Crippen molar-refractivity contribution < 1.29 is 4.74 Å². The second-order valence-electron chi connectivity index (χ2n) is 3.49. The summed E-state index contributed by atoms with van der Waals surface area (Å²) in [4.78, 5) is 5.46. The lowest BCUT2D eigenvalue weighted by Crippen LogP contribution is -2.10. The van der Waals surface area contributed by atoms with E-state index in [0.717, 1.165) is 16.5 Å². The van der Waals surface area contributed by atoms with Crippen LogP contribution in [0.2, 0.25) is 0 Å². The molecule has 0 amide bonds. The molecule has 2 N–H and O–H groups in total. The fraction of sp³-hybridized carbons (Fsp3) is 0.700. The molecular formula is C10H18N2OS. The van der Waals surface area contributed by atoms with Crippen molar-refractivity contribution in [3.8, 4) is 0 Å². The smallest absolute Gasteiger partial charge is 0.122 e. The summed E-state index contributed by atoms with van der Waals surface area (Å²) in [5, 5.41) is 1.04. The van der Waals surface area contributed by atoms with Gasteiger partial charge in [-0.3, -0.25) is 0 Å². The minimum Gasteiger partial charge on any atom is -0.371 e. The Labute approximate surface area is 89.3 Å². The van der Waals surface area contributed by atoms with Crippen LogP contribution in [0.4, 0.5) is 0 Å². The summed E-state index contributed by atoms with van der Waals surface area (Å²) >= 11 is 1.65. The monoisotopic (exact) mass is 214 g/mol. The Morgan fingerprint density at radius 3 is 2.71 bits per heavy atom. The van der Waals surface area contributed by atoms with Crippen molar-refractivity contribution in [1.29, 1.82) is 0 Å². The van der Waals surface area contributed by atoms with Crippen LogP contribution in [-0.4, -0.2) is 11.6 Å². The van der Waals surface area contributed by atoms with Gasteiger partial charge in [-0.25, -0.2) is 4.98 Å². The van der Waals surface area contributed by atoms with Crippen LogP contribution in [-0.2, 0) is 11.3 Å². The molecular weight excluding hydrogens is 196 g/mol. The topological polar surface area (TPSA) is 48.1 Å². The average molecular weight is 214 g/mol. The lowest BCUT2D eigenvalue weighted by atomic mass is 10.1. The van der Waals surface area contributed by atoms with Crippen molar-refractivity contribution in [1.82, 2.24) is 4.98 Å². The van der Waals surface area contributed by atoms with E-state index >= 15 is 0 Å². The van der Waals surface area contributed by atoms with E-state index in [1.807, 2.05) is 13.1 Å². The van der Waals surface area contributed by atoms with Gasteiger partial charge in [-0.1, -0.05) is 13.8 Å². The van der Waals surface area contributed by atoms with Gasteiger partial charge in [0.25, 0.3) is 0 Å². The largest absolute Gasteiger partial charge is 0.371 e. The van der Waals surface area contributed by atoms with Gasteiger partial charge in [0, 0.05) is 24.2 Å². The average Bonchev–Trinajstić information content (AvgIpc) is 2.61. The molecule has 1 unspecified atom stereocenters. The van der Waals surface area contributed by atoms with E-state index in [-0.39, 0.29) is 6.10 Å². The van der Waals surface area contributed by atoms with Crippen LogP contribution in [0.15, 0.2) is 6.20 Å². The minimum atomic E-state index is 0.116. The standard InChI is InChI=1S/C10H18N2OS/c1-4-13-9(7(2)3)10-12-6-8(5-11)14-10/h6-7,9H,4-5,11H2,1-3H3. The van der Waals surface area contributed by atoms with Crippen molar-refractivity contribution in [2.45, 2.75) is 33.4 Å². The number of rotatable bonds is 5. The Bertz CT molecular complexity index is 273. The molecule has 0 saturated carbocycles. The zero-order chi connectivity index (χ0) is 10.6. The van der Waals surface area contributed by atoms with Crippen LogP contribution >= 0.6 is 11.3 Å². The number of hydrogen-bond donors (Lipinski definition) is 1. The molecule has 0 aliphatic rings. The Balaban J connectivity index is 2.76. The lowest BCUT2D eigenvalue weighted by Gasteiger charge is -2.17. The van der Waals surface area contributed by atoms with E-state index in [0.29, 0.717) is 12.5 Å². The summed E-state index contributed by atoms with van der Waals surface area (Å²) in [6.45, 7) is 7.58. The maximum Gasteiger partial charge on any atom is 0.122 e. The number of nitrogens with two attached hydrogens (primary N) is 1. The van der Waals surface area contributed by atoms with Crippen molar-refractivity contribution in [3.63, 3.8) is 0 Å². The van der Waals surface area contributed by atoms with Crippen LogP contribution in [0, 0.1) is 5.92 Å². The predicted molar refractivity (Wildman–Crippen MR) is 59.2 cm³/mol. The Kier molecular flexibility index (Phi) is 4.51. The van der Waals surface area contributed by atoms with Gasteiger partial charge in [0.1, 0.15) is 11.1 Å². The number of ether oxygens (including phenoxy) is 1. The van der Waals surface area contributed by atoms with Crippen molar-refractivity contribution in [3.05, 3.63) is 16.1 Å². The van der Waals surface area contributed by atoms with Crippen LogP contribution in [0.1, 0.15) is 36.8 Å². The fourth-order valence-electron chi connectivity index (χ4n) is 1.28. The number of nitrogens with zero attached hydrogens (tertiary/aromatic N) is 1. The predicted octanol–water partition coefficient (Wildman–Crippen LogP) is 2.34. The maximum absolute atomic E-state index is 5.65. The molecule has 0 fully saturated rings. The number of hydrogen-bond acceptors (Lipinski definition) is 4. The molecule has 0 aliphatic heterocycles. The minimum absolute atomic E-state index is 0.116. The molecule has 1 atom stereocenters. The van der Waals surface area contributed by atoms with E-state index in [1.54, 1.807) is 11.3 Å². The zero-order valence-electron chi connectivity index (χ0n) is 8.99. The molecule has 0 bridgehead atoms. The maximum atomic E-state index is 5.65. The molecule has 1 rings (SSSR count). The Hall–Kier alpha value is -0.450. The van der Waals surface area contributed by atoms with Gasteiger partial charge >= 0.3 is 0 Å². The van der Waals surface area contributed by atoms with Crippen LogP contribution in [0.25, 0.3) is 0 Å². The molecule has 4 heteroatoms. The fourth-order valence-corrected chi connectivity index (χ4v) is 2.30. The second-order valence-corrected chi connectivity index (χ2v) is 4.64. The van der Waals surface area contributed by atoms with E-state index in [1.165, 1.54) is 0 Å². The van der Waals surface area contributed by atoms with Crippen molar-refractivity contribution in [2.75, 3.05) is 6.61 Å². The van der Waals surface area contributed by atoms with E-state index in [4.69, 9.17) is 10.5 Å². The van der Waals surface area contributed by atoms with Gasteiger partial charge in [-0.05, 0) is 12.8 Å². The molecule has 0 radical (unpaired) electrons. The second kappa shape index (κ2) is 5.44. The molecule has 0 aliphatic carbocycles. The highest BCUT2D eigenvalue weighted by Gasteiger charge is 2.19. The van der Waals surface area contributed by atoms with Crippen molar-refractivity contribution in [2.24, 2.45) is 11.7 Å². The quantitative estimate of drug-likeness (QED) is 0.818. The third kappa shape index (κ3) is 2.77. The van der Waals surface area contributed by atoms with Gasteiger partial charge in [-0.2, -0.15) is 0 Å². The van der Waals surface area contributed by atoms with Crippen LogP contribution in [0.5, 0.6) is 0 Å². The third-order valence-electron chi connectivity index (χ3n) is 1.97. The SMILES string of the molecule is CCOC(c1ncc(CN)s1)C(C)C. The summed E-state index contributed by atoms with van der Waals surface area (Å²) in [7, 11) is 0. The molecule has 1 aromatic heterocycles. The Morgan fingerprint density at radius 2 is 2.29 bits per heavy atom.